The average molecular weight is 854 g/mol. The number of nitrogens with one attached hydrogen (secondary N) is 4. The number of urea groups is 1. The summed E-state index contributed by atoms with van der Waals surface area (Å²) in [6.07, 6.45) is 7.69. The van der Waals surface area contributed by atoms with Crippen LogP contribution in [0.25, 0.3) is 11.2 Å². The van der Waals surface area contributed by atoms with E-state index in [0.29, 0.717) is 56.2 Å². The van der Waals surface area contributed by atoms with Crippen LogP contribution in [0.4, 0.5) is 16.3 Å². The van der Waals surface area contributed by atoms with Crippen molar-refractivity contribution in [2.24, 2.45) is 16.6 Å². The maximum absolute atomic E-state index is 13.6. The lowest BCUT2D eigenvalue weighted by atomic mass is 10.0. The van der Waals surface area contributed by atoms with Gasteiger partial charge >= 0.3 is 17.7 Å². The van der Waals surface area contributed by atoms with E-state index in [1.165, 1.54) is 9.13 Å². The number of ether oxygens (including phenoxy) is 4. The van der Waals surface area contributed by atoms with Crippen molar-refractivity contribution < 1.29 is 38.1 Å². The number of carbonyl (C=O) groups excluding carboxylic acids is 4. The highest BCUT2D eigenvalue weighted by molar-refractivity contribution is 7.78. The second kappa shape index (κ2) is 26.2. The average Bonchev–Trinajstić information content (AvgIpc) is 3.47. The SMILES string of the molecule is C#CCn1c(=O)n(Cc2ccc(NC(=O)C(CCCNC(N)=O)NC(=O)C(NC(=O)COCCOCCOCCN=C=S)C(C)C)cc2)c2c(N)nc(OCCCC)nc21. The van der Waals surface area contributed by atoms with E-state index in [1.807, 2.05) is 6.92 Å². The number of anilines is 2. The van der Waals surface area contributed by atoms with Crippen LogP contribution in [0.2, 0.25) is 0 Å². The van der Waals surface area contributed by atoms with Gasteiger partial charge in [0.05, 0.1) is 64.4 Å². The molecule has 2 heterocycles. The predicted molar refractivity (Wildman–Crippen MR) is 227 cm³/mol. The number of fused-ring (bicyclic) bond motifs is 1. The van der Waals surface area contributed by atoms with E-state index < -0.39 is 41.5 Å². The first-order valence-electron chi connectivity index (χ1n) is 19.5. The Labute approximate surface area is 353 Å². The fourth-order valence-corrected chi connectivity index (χ4v) is 5.73. The summed E-state index contributed by atoms with van der Waals surface area (Å²) in [6.45, 7) is 7.67. The Morgan fingerprint density at radius 3 is 2.30 bits per heavy atom. The Morgan fingerprint density at radius 2 is 1.65 bits per heavy atom. The van der Waals surface area contributed by atoms with Crippen molar-refractivity contribution in [3.05, 3.63) is 40.3 Å². The molecule has 0 saturated carbocycles. The van der Waals surface area contributed by atoms with Crippen molar-refractivity contribution in [1.29, 1.82) is 0 Å². The number of terminal acetylenes is 1. The Bertz CT molecular complexity index is 2030. The highest BCUT2D eigenvalue weighted by Crippen LogP contribution is 2.22. The molecule has 5 amide bonds. The largest absolute Gasteiger partial charge is 0.463 e. The van der Waals surface area contributed by atoms with Gasteiger partial charge in [-0.2, -0.15) is 9.97 Å². The van der Waals surface area contributed by atoms with Gasteiger partial charge in [0.1, 0.15) is 24.2 Å². The molecule has 60 heavy (non-hydrogen) atoms. The molecule has 2 aromatic heterocycles. The summed E-state index contributed by atoms with van der Waals surface area (Å²) in [5, 5.41) is 12.9. The molecule has 0 spiro atoms. The third-order valence-electron chi connectivity index (χ3n) is 8.66. The molecule has 326 valence electrons. The van der Waals surface area contributed by atoms with Gasteiger partial charge in [-0.25, -0.2) is 14.6 Å². The number of nitrogens with two attached hydrogens (primary N) is 2. The fraction of sp³-hybridized carbons (Fsp3) is 0.538. The fourth-order valence-electron chi connectivity index (χ4n) is 5.64. The molecule has 0 saturated heterocycles. The number of rotatable bonds is 28. The number of unbranched alkanes of at least 4 members (excludes halogenated alkanes) is 1. The third-order valence-corrected chi connectivity index (χ3v) is 8.79. The van der Waals surface area contributed by atoms with E-state index >= 15 is 0 Å². The third kappa shape index (κ3) is 16.0. The number of aliphatic imine (C=N–C) groups is 1. The number of hydrogen-bond donors (Lipinski definition) is 6. The van der Waals surface area contributed by atoms with Crippen LogP contribution >= 0.6 is 12.2 Å². The van der Waals surface area contributed by atoms with Crippen molar-refractivity contribution in [3.8, 4) is 18.4 Å². The van der Waals surface area contributed by atoms with Crippen molar-refractivity contribution >= 4 is 63.8 Å². The second-order valence-electron chi connectivity index (χ2n) is 13.6. The Balaban J connectivity index is 1.65. The summed E-state index contributed by atoms with van der Waals surface area (Å²) in [4.78, 5) is 77.0. The van der Waals surface area contributed by atoms with E-state index in [0.717, 1.165) is 12.8 Å². The van der Waals surface area contributed by atoms with Crippen LogP contribution in [-0.4, -0.2) is 119 Å². The standard InChI is InChI=1S/C39H55N11O9S/c1-5-7-17-59-38-47-33(40)32-34(48-38)49(16-6-2)39(55)50(32)23-27-10-12-28(13-11-27)44-35(52)29(9-8-14-43-37(41)54)45-36(53)31(26(3)4)46-30(51)24-58-22-21-57-20-19-56-18-15-42-25-60/h2,10-13,26,29,31H,5,7-9,14-24H2,1,3-4H3,(H,44,52)(H,45,53)(H,46,51)(H2,40,47,48)(H3,41,43,54). The lowest BCUT2D eigenvalue weighted by molar-refractivity contribution is -0.134. The van der Waals surface area contributed by atoms with Crippen LogP contribution < -0.4 is 43.2 Å². The van der Waals surface area contributed by atoms with Crippen molar-refractivity contribution in [2.75, 3.05) is 70.4 Å². The van der Waals surface area contributed by atoms with Crippen LogP contribution in [0.5, 0.6) is 6.01 Å². The smallest absolute Gasteiger partial charge is 0.331 e. The Morgan fingerprint density at radius 1 is 0.950 bits per heavy atom. The Kier molecular flexibility index (Phi) is 21.2. The Hall–Kier alpha value is -5.91. The lowest BCUT2D eigenvalue weighted by Gasteiger charge is -2.25. The zero-order valence-electron chi connectivity index (χ0n) is 34.2. The molecule has 8 N–H and O–H groups in total. The van der Waals surface area contributed by atoms with Crippen molar-refractivity contribution in [2.45, 2.75) is 71.6 Å². The van der Waals surface area contributed by atoms with Crippen LogP contribution in [0.3, 0.4) is 0 Å². The molecule has 0 aliphatic rings. The summed E-state index contributed by atoms with van der Waals surface area (Å²) in [7, 11) is 0. The summed E-state index contributed by atoms with van der Waals surface area (Å²) in [5.74, 6) is 0.515. The molecule has 0 fully saturated rings. The van der Waals surface area contributed by atoms with Crippen LogP contribution in [-0.2, 0) is 41.7 Å². The zero-order chi connectivity index (χ0) is 43.9. The van der Waals surface area contributed by atoms with E-state index in [4.69, 9.17) is 36.8 Å². The molecule has 2 atom stereocenters. The van der Waals surface area contributed by atoms with Gasteiger partial charge in [0.2, 0.25) is 17.7 Å². The number of carbonyl (C=O) groups is 4. The highest BCUT2D eigenvalue weighted by atomic mass is 32.1. The molecule has 3 rings (SSSR count). The minimum atomic E-state index is -1.06. The van der Waals surface area contributed by atoms with Gasteiger partial charge in [0.25, 0.3) is 0 Å². The first-order valence-corrected chi connectivity index (χ1v) is 19.9. The molecule has 0 radical (unpaired) electrons. The number of benzene rings is 1. The number of nitrogen functional groups attached to an aromatic ring is 1. The summed E-state index contributed by atoms with van der Waals surface area (Å²) >= 11 is 4.49. The molecular weight excluding hydrogens is 799 g/mol. The molecular formula is C39H55N11O9S. The molecule has 0 aliphatic heterocycles. The summed E-state index contributed by atoms with van der Waals surface area (Å²) in [5.41, 5.74) is 12.7. The monoisotopic (exact) mass is 853 g/mol. The van der Waals surface area contributed by atoms with Crippen molar-refractivity contribution in [3.63, 3.8) is 0 Å². The van der Waals surface area contributed by atoms with Gasteiger partial charge in [0, 0.05) is 12.2 Å². The number of thiocarbonyl (C=S) groups is 1. The van der Waals surface area contributed by atoms with E-state index in [9.17, 15) is 24.0 Å². The molecule has 0 bridgehead atoms. The van der Waals surface area contributed by atoms with Gasteiger partial charge in [-0.05, 0) is 55.1 Å². The second-order valence-corrected chi connectivity index (χ2v) is 13.8. The van der Waals surface area contributed by atoms with E-state index in [1.54, 1.807) is 38.1 Å². The van der Waals surface area contributed by atoms with Gasteiger partial charge in [-0.15, -0.1) is 6.42 Å². The quantitative estimate of drug-likeness (QED) is 0.0260. The van der Waals surface area contributed by atoms with E-state index in [-0.39, 0.29) is 69.3 Å². The minimum Gasteiger partial charge on any atom is -0.463 e. The molecule has 20 nitrogen and oxygen atoms in total. The maximum atomic E-state index is 13.6. The topological polar surface area (TPSA) is 270 Å². The number of amides is 5. The summed E-state index contributed by atoms with van der Waals surface area (Å²) < 4.78 is 24.5. The van der Waals surface area contributed by atoms with Gasteiger partial charge in [-0.3, -0.25) is 23.5 Å². The molecule has 2 unspecified atom stereocenters. The molecule has 0 aliphatic carbocycles. The molecule has 3 aromatic rings. The van der Waals surface area contributed by atoms with Crippen LogP contribution in [0.15, 0.2) is 34.1 Å². The predicted octanol–water partition coefficient (Wildman–Crippen LogP) is 1.20. The van der Waals surface area contributed by atoms with E-state index in [2.05, 4.69) is 59.5 Å². The minimum absolute atomic E-state index is 0.0474. The number of aromatic nitrogens is 4. The number of primary amides is 1. The number of hydrogen-bond acceptors (Lipinski definition) is 14. The van der Waals surface area contributed by atoms with Crippen LogP contribution in [0.1, 0.15) is 52.0 Å². The normalized spacial score (nSPS) is 11.9. The maximum Gasteiger partial charge on any atom is 0.331 e. The number of imidazole rings is 1. The summed E-state index contributed by atoms with van der Waals surface area (Å²) in [6, 6.07) is 3.97. The molecule has 21 heteroatoms. The van der Waals surface area contributed by atoms with Gasteiger partial charge in [0.15, 0.2) is 11.5 Å². The number of isothiocyanates is 1. The van der Waals surface area contributed by atoms with Crippen LogP contribution in [0, 0.1) is 18.3 Å². The van der Waals surface area contributed by atoms with Crippen molar-refractivity contribution in [1.82, 2.24) is 35.1 Å². The highest BCUT2D eigenvalue weighted by Gasteiger charge is 2.29. The first-order chi connectivity index (χ1) is 28.9. The first kappa shape index (κ1) is 48.5. The number of nitrogens with zero attached hydrogens (tertiary/aromatic N) is 5. The lowest BCUT2D eigenvalue weighted by Crippen LogP contribution is -2.55. The molecule has 1 aromatic carbocycles. The van der Waals surface area contributed by atoms with Gasteiger partial charge in [-0.1, -0.05) is 45.2 Å². The zero-order valence-corrected chi connectivity index (χ0v) is 35.0. The van der Waals surface area contributed by atoms with Gasteiger partial charge < -0.3 is 51.7 Å².